The van der Waals surface area contributed by atoms with E-state index in [1.54, 1.807) is 7.05 Å². The van der Waals surface area contributed by atoms with Gasteiger partial charge >= 0.3 is 0 Å². The molecular formula is C36H33N3O4S. The number of anilines is 2. The van der Waals surface area contributed by atoms with Crippen LogP contribution < -0.4 is 19.3 Å². The van der Waals surface area contributed by atoms with E-state index in [1.807, 2.05) is 144 Å². The highest BCUT2D eigenvalue weighted by molar-refractivity contribution is 7.88. The first kappa shape index (κ1) is 28.9. The summed E-state index contributed by atoms with van der Waals surface area (Å²) in [6.07, 6.45) is 1.23. The van der Waals surface area contributed by atoms with Crippen LogP contribution >= 0.6 is 0 Å². The molecule has 0 bridgehead atoms. The van der Waals surface area contributed by atoms with Crippen LogP contribution in [0.3, 0.4) is 0 Å². The van der Waals surface area contributed by atoms with Crippen LogP contribution in [-0.2, 0) is 10.0 Å². The van der Waals surface area contributed by atoms with Crippen molar-refractivity contribution in [2.45, 2.75) is 0 Å². The molecule has 0 saturated carbocycles. The van der Waals surface area contributed by atoms with E-state index < -0.39 is 10.0 Å². The molecule has 222 valence electrons. The first-order chi connectivity index (χ1) is 21.3. The van der Waals surface area contributed by atoms with Crippen LogP contribution in [0.15, 0.2) is 145 Å². The normalized spacial score (nSPS) is 13.5. The molecule has 0 saturated heterocycles. The van der Waals surface area contributed by atoms with Crippen LogP contribution in [0.4, 0.5) is 11.4 Å². The van der Waals surface area contributed by atoms with Gasteiger partial charge in [0.15, 0.2) is 0 Å². The van der Waals surface area contributed by atoms with E-state index in [0.717, 1.165) is 39.8 Å². The lowest BCUT2D eigenvalue weighted by Crippen LogP contribution is -2.49. The van der Waals surface area contributed by atoms with Crippen molar-refractivity contribution in [3.05, 3.63) is 151 Å². The number of sulfonamides is 1. The zero-order chi connectivity index (χ0) is 30.5. The third-order valence-corrected chi connectivity index (χ3v) is 8.58. The summed E-state index contributed by atoms with van der Waals surface area (Å²) in [5, 5.41) is 0. The Bertz CT molecular complexity index is 1830. The van der Waals surface area contributed by atoms with E-state index in [4.69, 9.17) is 9.47 Å². The van der Waals surface area contributed by atoms with Gasteiger partial charge in [0, 0.05) is 30.5 Å². The molecule has 44 heavy (non-hydrogen) atoms. The van der Waals surface area contributed by atoms with Crippen LogP contribution in [0, 0.1) is 0 Å². The number of hydrogen-bond donors (Lipinski definition) is 0. The number of hydrogen-bond acceptors (Lipinski definition) is 6. The largest absolute Gasteiger partial charge is 0.457 e. The van der Waals surface area contributed by atoms with Gasteiger partial charge < -0.3 is 19.3 Å². The van der Waals surface area contributed by atoms with Gasteiger partial charge in [-0.15, -0.1) is 0 Å². The number of para-hydroxylation sites is 2. The van der Waals surface area contributed by atoms with Gasteiger partial charge in [-0.1, -0.05) is 66.7 Å². The maximum atomic E-state index is 13.0. The summed E-state index contributed by atoms with van der Waals surface area (Å²) in [5.74, 6) is 3.54. The monoisotopic (exact) mass is 603 g/mol. The molecular weight excluding hydrogens is 570 g/mol. The maximum absolute atomic E-state index is 13.0. The Hall–Kier alpha value is -5.21. The molecule has 0 fully saturated rings. The second-order valence-corrected chi connectivity index (χ2v) is 12.5. The van der Waals surface area contributed by atoms with Crippen molar-refractivity contribution in [1.29, 1.82) is 0 Å². The predicted molar refractivity (Wildman–Crippen MR) is 177 cm³/mol. The van der Waals surface area contributed by atoms with Gasteiger partial charge in [-0.25, -0.2) is 8.42 Å². The second-order valence-electron chi connectivity index (χ2n) is 10.5. The van der Waals surface area contributed by atoms with E-state index >= 15 is 0 Å². The van der Waals surface area contributed by atoms with Gasteiger partial charge in [-0.2, -0.15) is 0 Å². The van der Waals surface area contributed by atoms with E-state index in [-0.39, 0.29) is 0 Å². The van der Waals surface area contributed by atoms with Crippen molar-refractivity contribution < 1.29 is 17.9 Å². The zero-order valence-corrected chi connectivity index (χ0v) is 25.4. The fourth-order valence-electron chi connectivity index (χ4n) is 5.13. The van der Waals surface area contributed by atoms with Crippen molar-refractivity contribution in [2.75, 3.05) is 36.3 Å². The molecule has 0 aromatic heterocycles. The Morgan fingerprint density at radius 3 is 1.50 bits per heavy atom. The number of ether oxygens (including phenoxy) is 2. The Labute approximate surface area is 258 Å². The number of benzene rings is 5. The lowest BCUT2D eigenvalue weighted by molar-refractivity contribution is 0.482. The zero-order valence-electron chi connectivity index (χ0n) is 24.6. The lowest BCUT2D eigenvalue weighted by atomic mass is 10.0. The summed E-state index contributed by atoms with van der Waals surface area (Å²) in [6, 6.07) is 44.9. The Morgan fingerprint density at radius 1 is 0.591 bits per heavy atom. The van der Waals surface area contributed by atoms with Crippen molar-refractivity contribution in [2.24, 2.45) is 0 Å². The number of rotatable bonds is 9. The minimum Gasteiger partial charge on any atom is -0.457 e. The first-order valence-electron chi connectivity index (χ1n) is 14.3. The van der Waals surface area contributed by atoms with Gasteiger partial charge in [-0.3, -0.25) is 4.31 Å². The molecule has 1 heterocycles. The first-order valence-corrected chi connectivity index (χ1v) is 16.1. The minimum absolute atomic E-state index is 0.420. The topological polar surface area (TPSA) is 62.3 Å². The Morgan fingerprint density at radius 2 is 1.02 bits per heavy atom. The van der Waals surface area contributed by atoms with E-state index in [9.17, 15) is 8.42 Å². The lowest BCUT2D eigenvalue weighted by Gasteiger charge is -2.43. The van der Waals surface area contributed by atoms with E-state index in [1.165, 1.54) is 10.6 Å². The molecule has 6 rings (SSSR count). The molecule has 7 nitrogen and oxygen atoms in total. The average molecular weight is 604 g/mol. The number of nitrogens with zero attached hydrogens (tertiary/aromatic N) is 3. The Balaban J connectivity index is 1.38. The third-order valence-electron chi connectivity index (χ3n) is 7.41. The van der Waals surface area contributed by atoms with Gasteiger partial charge in [0.1, 0.15) is 28.8 Å². The van der Waals surface area contributed by atoms with Crippen molar-refractivity contribution in [3.8, 4) is 23.0 Å². The van der Waals surface area contributed by atoms with Crippen LogP contribution in [0.5, 0.6) is 23.0 Å². The van der Waals surface area contributed by atoms with Crippen LogP contribution in [0.1, 0.15) is 5.56 Å². The Kier molecular flexibility index (Phi) is 8.25. The molecule has 5 aromatic carbocycles. The van der Waals surface area contributed by atoms with E-state index in [0.29, 0.717) is 24.8 Å². The second kappa shape index (κ2) is 12.6. The van der Waals surface area contributed by atoms with Crippen LogP contribution in [0.2, 0.25) is 0 Å². The van der Waals surface area contributed by atoms with Gasteiger partial charge in [0.2, 0.25) is 10.0 Å². The quantitative estimate of drug-likeness (QED) is 0.171. The third kappa shape index (κ3) is 6.55. The van der Waals surface area contributed by atoms with Gasteiger partial charge in [-0.05, 0) is 78.4 Å². The molecule has 0 aliphatic carbocycles. The SMILES string of the molecule is CN(C1=C(c2ccccc2)CN(c2ccc(Oc3ccccc3)cc2)CN1c1ccc(Oc2ccccc2)cc1)S(C)(=O)=O. The van der Waals surface area contributed by atoms with Crippen molar-refractivity contribution in [1.82, 2.24) is 4.31 Å². The highest BCUT2D eigenvalue weighted by Crippen LogP contribution is 2.37. The summed E-state index contributed by atoms with van der Waals surface area (Å²) in [6.45, 7) is 0.924. The molecule has 1 aliphatic rings. The maximum Gasteiger partial charge on any atom is 0.233 e. The molecule has 1 aliphatic heterocycles. The predicted octanol–water partition coefficient (Wildman–Crippen LogP) is 7.82. The fraction of sp³-hybridized carbons (Fsp3) is 0.111. The molecule has 0 atom stereocenters. The molecule has 0 amide bonds. The highest BCUT2D eigenvalue weighted by Gasteiger charge is 2.32. The smallest absolute Gasteiger partial charge is 0.233 e. The highest BCUT2D eigenvalue weighted by atomic mass is 32.2. The van der Waals surface area contributed by atoms with Crippen molar-refractivity contribution in [3.63, 3.8) is 0 Å². The van der Waals surface area contributed by atoms with E-state index in [2.05, 4.69) is 4.90 Å². The van der Waals surface area contributed by atoms with Gasteiger partial charge in [0.25, 0.3) is 0 Å². The molecule has 8 heteroatoms. The summed E-state index contributed by atoms with van der Waals surface area (Å²) >= 11 is 0. The average Bonchev–Trinajstić information content (AvgIpc) is 3.05. The standard InChI is InChI=1S/C36H33N3O4S/c1-37(44(2,40)41)36-35(28-12-6-3-7-13-28)26-38(29-18-22-33(23-19-29)42-31-14-8-4-9-15-31)27-39(36)30-20-24-34(25-21-30)43-32-16-10-5-11-17-32/h3-25H,26-27H2,1-2H3. The van der Waals surface area contributed by atoms with Crippen LogP contribution in [-0.4, -0.2) is 39.2 Å². The summed E-state index contributed by atoms with van der Waals surface area (Å²) < 4.78 is 39.4. The molecule has 0 radical (unpaired) electrons. The minimum atomic E-state index is -3.58. The van der Waals surface area contributed by atoms with Gasteiger partial charge in [0.05, 0.1) is 12.9 Å². The summed E-state index contributed by atoms with van der Waals surface area (Å²) in [7, 11) is -1.97. The molecule has 0 unspecified atom stereocenters. The molecule has 0 N–H and O–H groups in total. The van der Waals surface area contributed by atoms with Crippen molar-refractivity contribution >= 4 is 27.0 Å². The summed E-state index contributed by atoms with van der Waals surface area (Å²) in [4.78, 5) is 4.26. The molecule has 0 spiro atoms. The van der Waals surface area contributed by atoms with Crippen LogP contribution in [0.25, 0.3) is 5.57 Å². The summed E-state index contributed by atoms with van der Waals surface area (Å²) in [5.41, 5.74) is 3.65. The molecule has 5 aromatic rings. The fourth-order valence-corrected chi connectivity index (χ4v) is 5.66.